The maximum absolute atomic E-state index is 12.9. The molecule has 0 saturated heterocycles. The highest BCUT2D eigenvalue weighted by Crippen LogP contribution is 2.24. The minimum absolute atomic E-state index is 0. The summed E-state index contributed by atoms with van der Waals surface area (Å²) in [5, 5.41) is 0. The molecule has 0 bridgehead atoms. The summed E-state index contributed by atoms with van der Waals surface area (Å²) in [6, 6.07) is 4.09. The van der Waals surface area contributed by atoms with E-state index in [0.29, 0.717) is 11.3 Å². The topological polar surface area (TPSA) is 52.0 Å². The van der Waals surface area contributed by atoms with E-state index >= 15 is 0 Å². The molecule has 1 aromatic carbocycles. The zero-order valence-electron chi connectivity index (χ0n) is 8.74. The molecule has 1 atom stereocenters. The maximum Gasteiger partial charge on any atom is 0.123 e. The molecule has 4 N–H and O–H groups in total. The van der Waals surface area contributed by atoms with Gasteiger partial charge in [0.25, 0.3) is 0 Å². The molecule has 1 rings (SSSR count). The minimum atomic E-state index is -0.291. The van der Waals surface area contributed by atoms with E-state index in [2.05, 4.69) is 0 Å². The van der Waals surface area contributed by atoms with Crippen LogP contribution in [0.3, 0.4) is 0 Å². The first-order valence-electron chi connectivity index (χ1n) is 4.33. The Kier molecular flexibility index (Phi) is 7.75. The fourth-order valence-corrected chi connectivity index (χ4v) is 1.19. The van der Waals surface area contributed by atoms with Gasteiger partial charge in [-0.15, -0.1) is 24.8 Å². The van der Waals surface area contributed by atoms with Crippen LogP contribution in [0, 0.1) is 11.7 Å². The number of halogens is 3. The van der Waals surface area contributed by atoms with Crippen molar-refractivity contribution >= 4 is 30.5 Å². The van der Waals surface area contributed by atoms with E-state index in [9.17, 15) is 4.39 Å². The largest absolute Gasteiger partial charge is 0.398 e. The maximum atomic E-state index is 12.9. The molecule has 0 radical (unpaired) electrons. The van der Waals surface area contributed by atoms with Crippen LogP contribution < -0.4 is 11.5 Å². The van der Waals surface area contributed by atoms with Gasteiger partial charge in [0.1, 0.15) is 5.82 Å². The van der Waals surface area contributed by atoms with Crippen molar-refractivity contribution in [3.63, 3.8) is 0 Å². The zero-order valence-corrected chi connectivity index (χ0v) is 10.4. The Morgan fingerprint density at radius 1 is 1.20 bits per heavy atom. The molecule has 0 aliphatic rings. The molecule has 2 nitrogen and oxygen atoms in total. The van der Waals surface area contributed by atoms with Crippen LogP contribution in [0.15, 0.2) is 18.2 Å². The van der Waals surface area contributed by atoms with E-state index < -0.39 is 0 Å². The quantitative estimate of drug-likeness (QED) is 0.798. The Morgan fingerprint density at radius 3 is 2.20 bits per heavy atom. The SMILES string of the molecule is CC(C)[C@@H](N)c1cc(F)ccc1N.Cl.Cl. The fourth-order valence-electron chi connectivity index (χ4n) is 1.19. The van der Waals surface area contributed by atoms with Crippen molar-refractivity contribution < 1.29 is 4.39 Å². The van der Waals surface area contributed by atoms with Crippen molar-refractivity contribution in [2.75, 3.05) is 5.73 Å². The third-order valence-electron chi connectivity index (χ3n) is 2.13. The van der Waals surface area contributed by atoms with Crippen molar-refractivity contribution in [2.45, 2.75) is 19.9 Å². The molecule has 0 aliphatic carbocycles. The summed E-state index contributed by atoms with van der Waals surface area (Å²) in [5.41, 5.74) is 12.8. The van der Waals surface area contributed by atoms with Crippen molar-refractivity contribution in [3.8, 4) is 0 Å². The predicted molar refractivity (Wildman–Crippen MR) is 67.1 cm³/mol. The van der Waals surface area contributed by atoms with Gasteiger partial charge >= 0.3 is 0 Å². The first-order chi connectivity index (χ1) is 6.02. The molecule has 15 heavy (non-hydrogen) atoms. The molecule has 0 aromatic heterocycles. The summed E-state index contributed by atoms with van der Waals surface area (Å²) in [6.45, 7) is 3.96. The lowest BCUT2D eigenvalue weighted by Gasteiger charge is -2.17. The van der Waals surface area contributed by atoms with Crippen molar-refractivity contribution in [1.29, 1.82) is 0 Å². The van der Waals surface area contributed by atoms with Crippen LogP contribution in [-0.4, -0.2) is 0 Å². The van der Waals surface area contributed by atoms with Crippen molar-refractivity contribution in [1.82, 2.24) is 0 Å². The third kappa shape index (κ3) is 4.24. The van der Waals surface area contributed by atoms with E-state index in [1.807, 2.05) is 13.8 Å². The minimum Gasteiger partial charge on any atom is -0.398 e. The third-order valence-corrected chi connectivity index (χ3v) is 2.13. The summed E-state index contributed by atoms with van der Waals surface area (Å²) in [6.07, 6.45) is 0. The van der Waals surface area contributed by atoms with Gasteiger partial charge in [0, 0.05) is 11.7 Å². The standard InChI is InChI=1S/C10H15FN2.2ClH/c1-6(2)10(13)8-5-7(11)3-4-9(8)12;;/h3-6,10H,12-13H2,1-2H3;2*1H/t10-;;/m1../s1. The molecule has 1 aromatic rings. The highest BCUT2D eigenvalue weighted by molar-refractivity contribution is 5.85. The second kappa shape index (κ2) is 6.88. The van der Waals surface area contributed by atoms with Crippen LogP contribution in [-0.2, 0) is 0 Å². The Balaban J connectivity index is 0. The van der Waals surface area contributed by atoms with Gasteiger partial charge in [-0.1, -0.05) is 13.8 Å². The molecule has 0 fully saturated rings. The Labute approximate surface area is 102 Å². The van der Waals surface area contributed by atoms with Crippen molar-refractivity contribution in [3.05, 3.63) is 29.6 Å². The zero-order chi connectivity index (χ0) is 10.0. The monoisotopic (exact) mass is 254 g/mol. The summed E-state index contributed by atoms with van der Waals surface area (Å²) in [7, 11) is 0. The molecule has 0 unspecified atom stereocenters. The number of nitrogens with two attached hydrogens (primary N) is 2. The summed E-state index contributed by atoms with van der Waals surface area (Å²) >= 11 is 0. The smallest absolute Gasteiger partial charge is 0.123 e. The van der Waals surface area contributed by atoms with Crippen LogP contribution in [0.4, 0.5) is 10.1 Å². The lowest BCUT2D eigenvalue weighted by Crippen LogP contribution is -2.18. The normalized spacial score (nSPS) is 11.5. The number of hydrogen-bond acceptors (Lipinski definition) is 2. The first kappa shape index (κ1) is 16.9. The number of nitrogen functional groups attached to an aromatic ring is 1. The molecule has 0 heterocycles. The van der Waals surface area contributed by atoms with Gasteiger partial charge in [0.15, 0.2) is 0 Å². The highest BCUT2D eigenvalue weighted by Gasteiger charge is 2.13. The van der Waals surface area contributed by atoms with Crippen LogP contribution in [0.5, 0.6) is 0 Å². The Morgan fingerprint density at radius 2 is 1.73 bits per heavy atom. The predicted octanol–water partition coefficient (Wildman–Crippen LogP) is 2.91. The number of hydrogen-bond donors (Lipinski definition) is 2. The fraction of sp³-hybridized carbons (Fsp3) is 0.400. The second-order valence-electron chi connectivity index (χ2n) is 3.54. The number of rotatable bonds is 2. The molecule has 5 heteroatoms. The Bertz CT molecular complexity index is 305. The van der Waals surface area contributed by atoms with Crippen LogP contribution in [0.2, 0.25) is 0 Å². The molecule has 0 saturated carbocycles. The van der Waals surface area contributed by atoms with Gasteiger partial charge in [0.05, 0.1) is 0 Å². The van der Waals surface area contributed by atoms with E-state index in [1.54, 1.807) is 6.07 Å². The summed E-state index contributed by atoms with van der Waals surface area (Å²) in [4.78, 5) is 0. The summed E-state index contributed by atoms with van der Waals surface area (Å²) in [5.74, 6) is -0.0376. The van der Waals surface area contributed by atoms with E-state index in [1.165, 1.54) is 12.1 Å². The van der Waals surface area contributed by atoms with Crippen LogP contribution in [0.25, 0.3) is 0 Å². The molecular formula is C10H17Cl2FN2. The number of anilines is 1. The van der Waals surface area contributed by atoms with E-state index in [-0.39, 0.29) is 42.6 Å². The van der Waals surface area contributed by atoms with Gasteiger partial charge in [-0.2, -0.15) is 0 Å². The van der Waals surface area contributed by atoms with Gasteiger partial charge in [-0.05, 0) is 29.7 Å². The number of benzene rings is 1. The lowest BCUT2D eigenvalue weighted by molar-refractivity contribution is 0.511. The van der Waals surface area contributed by atoms with Gasteiger partial charge in [0.2, 0.25) is 0 Å². The van der Waals surface area contributed by atoms with Gasteiger partial charge < -0.3 is 11.5 Å². The molecular weight excluding hydrogens is 238 g/mol. The Hall–Kier alpha value is -0.510. The molecule has 0 amide bonds. The van der Waals surface area contributed by atoms with E-state index in [0.717, 1.165) is 0 Å². The average Bonchev–Trinajstić information content (AvgIpc) is 2.08. The molecule has 0 aliphatic heterocycles. The van der Waals surface area contributed by atoms with Crippen LogP contribution >= 0.6 is 24.8 Å². The lowest BCUT2D eigenvalue weighted by atomic mass is 9.96. The van der Waals surface area contributed by atoms with Crippen molar-refractivity contribution in [2.24, 2.45) is 11.7 Å². The van der Waals surface area contributed by atoms with Gasteiger partial charge in [-0.25, -0.2) is 4.39 Å². The van der Waals surface area contributed by atoms with Gasteiger partial charge in [-0.3, -0.25) is 0 Å². The highest BCUT2D eigenvalue weighted by atomic mass is 35.5. The van der Waals surface area contributed by atoms with E-state index in [4.69, 9.17) is 11.5 Å². The van der Waals surface area contributed by atoms with Crippen LogP contribution in [0.1, 0.15) is 25.5 Å². The second-order valence-corrected chi connectivity index (χ2v) is 3.54. The molecule has 0 spiro atoms. The average molecular weight is 255 g/mol. The first-order valence-corrected chi connectivity index (χ1v) is 4.33. The summed E-state index contributed by atoms with van der Waals surface area (Å²) < 4.78 is 12.9. The molecule has 88 valence electrons.